The first-order chi connectivity index (χ1) is 18.0. The molecule has 5 N–H and O–H groups in total. The second kappa shape index (κ2) is 34.2. The monoisotopic (exact) mass is 700 g/mol. The minimum atomic E-state index is -0.485. The fourth-order valence-corrected chi connectivity index (χ4v) is 2.62. The van der Waals surface area contributed by atoms with Gasteiger partial charge in [0.25, 0.3) is 0 Å². The average molecular weight is 701 g/mol. The molecule has 0 aromatic carbocycles. The molecule has 224 valence electrons. The Hall–Kier alpha value is 0.00636. The third-order valence-corrected chi connectivity index (χ3v) is 4.59. The van der Waals surface area contributed by atoms with E-state index >= 15 is 0 Å². The number of ether oxygens (including phenoxy) is 3. The molecule has 0 heterocycles. The second-order valence-electron chi connectivity index (χ2n) is 7.55. The summed E-state index contributed by atoms with van der Waals surface area (Å²) >= 11 is 1.61. The van der Waals surface area contributed by atoms with Gasteiger partial charge in [0.2, 0.25) is 23.6 Å². The number of nitrogens with one attached hydrogen (secondary N) is 5. The maximum atomic E-state index is 11.8. The maximum Gasteiger partial charge on any atom is 1.00 e. The zero-order chi connectivity index (χ0) is 27.4. The van der Waals surface area contributed by atoms with Crippen LogP contribution in [0.3, 0.4) is 0 Å². The van der Waals surface area contributed by atoms with Crippen molar-refractivity contribution >= 4 is 46.6 Å². The van der Waals surface area contributed by atoms with Crippen molar-refractivity contribution in [3.8, 4) is 0 Å². The predicted octanol–water partition coefficient (Wildman–Crippen LogP) is -3.07. The third kappa shape index (κ3) is 34.1. The summed E-state index contributed by atoms with van der Waals surface area (Å²) in [5, 5.41) is 10.2. The Morgan fingerprint density at radius 2 is 1.05 bits per heavy atom. The van der Waals surface area contributed by atoms with Crippen molar-refractivity contribution in [2.75, 3.05) is 72.4 Å². The van der Waals surface area contributed by atoms with Crippen LogP contribution in [0, 0.1) is 14.4 Å². The number of amides is 4. The summed E-state index contributed by atoms with van der Waals surface area (Å²) in [4.78, 5) is 51.2. The Balaban J connectivity index is -0.00000648. The topological polar surface area (TPSA) is 175 Å². The molecule has 0 aromatic rings. The SMILES string of the molecule is [CH2-]CCCNC(=O)CNC(=O)CNC(=O)CCC(=O)NCCCOCCOCCOCCCNOOI.[CH3-].[K+]. The smallest absolute Gasteiger partial charge is 0.379 e. The van der Waals surface area contributed by atoms with Crippen LogP contribution < -0.4 is 78.1 Å². The Labute approximate surface area is 288 Å². The first kappa shape index (κ1) is 43.5. The number of rotatable bonds is 26. The first-order valence-corrected chi connectivity index (χ1v) is 13.1. The van der Waals surface area contributed by atoms with Gasteiger partial charge < -0.3 is 49.8 Å². The molecule has 0 radical (unpaired) electrons. The Morgan fingerprint density at radius 3 is 1.62 bits per heavy atom. The molecule has 0 saturated heterocycles. The van der Waals surface area contributed by atoms with Gasteiger partial charge in [0.05, 0.1) is 39.5 Å². The molecule has 0 fully saturated rings. The number of unbranched alkanes of at least 4 members (excludes halogenated alkanes) is 1. The van der Waals surface area contributed by atoms with Crippen LogP contribution in [0.25, 0.3) is 0 Å². The van der Waals surface area contributed by atoms with Crippen molar-refractivity contribution in [1.82, 2.24) is 26.7 Å². The molecular formula is C23H44IKN5O9-. The van der Waals surface area contributed by atoms with Crippen LogP contribution in [0.5, 0.6) is 0 Å². The number of hydrogen-bond acceptors (Lipinski definition) is 10. The van der Waals surface area contributed by atoms with Gasteiger partial charge in [0.1, 0.15) is 0 Å². The van der Waals surface area contributed by atoms with Crippen molar-refractivity contribution < 1.29 is 93.0 Å². The summed E-state index contributed by atoms with van der Waals surface area (Å²) in [7, 11) is 0. The Bertz CT molecular complexity index is 625. The summed E-state index contributed by atoms with van der Waals surface area (Å²) in [6.07, 6.45) is 2.86. The average Bonchev–Trinajstić information content (AvgIpc) is 2.89. The predicted molar refractivity (Wildman–Crippen MR) is 148 cm³/mol. The van der Waals surface area contributed by atoms with Gasteiger partial charge in [0.15, 0.2) is 23.0 Å². The van der Waals surface area contributed by atoms with Crippen LogP contribution in [0.2, 0.25) is 0 Å². The van der Waals surface area contributed by atoms with E-state index in [0.717, 1.165) is 12.8 Å². The number of halogens is 1. The quantitative estimate of drug-likeness (QED) is 0.0156. The van der Waals surface area contributed by atoms with E-state index in [1.165, 1.54) is 0 Å². The van der Waals surface area contributed by atoms with Gasteiger partial charge in [-0.25, -0.2) is 0 Å². The van der Waals surface area contributed by atoms with Crippen LogP contribution in [0.15, 0.2) is 0 Å². The summed E-state index contributed by atoms with van der Waals surface area (Å²) in [6, 6.07) is 0. The van der Waals surface area contributed by atoms with Gasteiger partial charge in [-0.05, 0) is 12.8 Å². The normalized spacial score (nSPS) is 10.1. The van der Waals surface area contributed by atoms with E-state index in [0.29, 0.717) is 72.1 Å². The third-order valence-electron chi connectivity index (χ3n) is 4.41. The molecule has 4 amide bonds. The first-order valence-electron chi connectivity index (χ1n) is 12.3. The molecule has 0 saturated carbocycles. The second-order valence-corrected chi connectivity index (χ2v) is 7.90. The Kier molecular flexibility index (Phi) is 38.1. The van der Waals surface area contributed by atoms with Gasteiger partial charge >= 0.3 is 51.4 Å². The molecule has 14 nitrogen and oxygen atoms in total. The van der Waals surface area contributed by atoms with Gasteiger partial charge in [-0.3, -0.25) is 19.2 Å². The van der Waals surface area contributed by atoms with Gasteiger partial charge in [-0.2, -0.15) is 11.9 Å². The minimum absolute atomic E-state index is 0. The van der Waals surface area contributed by atoms with Crippen molar-refractivity contribution in [2.45, 2.75) is 38.5 Å². The molecule has 0 bridgehead atoms. The summed E-state index contributed by atoms with van der Waals surface area (Å²) in [6.45, 7) is 7.73. The van der Waals surface area contributed by atoms with Crippen LogP contribution in [-0.4, -0.2) is 96.0 Å². The van der Waals surface area contributed by atoms with E-state index in [-0.39, 0.29) is 96.6 Å². The molecule has 0 aromatic heterocycles. The van der Waals surface area contributed by atoms with Crippen molar-refractivity contribution in [1.29, 1.82) is 0 Å². The van der Waals surface area contributed by atoms with Crippen molar-refractivity contribution in [3.63, 3.8) is 0 Å². The van der Waals surface area contributed by atoms with Crippen molar-refractivity contribution in [2.24, 2.45) is 0 Å². The van der Waals surface area contributed by atoms with E-state index in [9.17, 15) is 19.2 Å². The number of hydroxylamine groups is 1. The van der Waals surface area contributed by atoms with Gasteiger partial charge in [-0.1, -0.05) is 6.42 Å². The largest absolute Gasteiger partial charge is 1.00 e. The molecule has 0 unspecified atom stereocenters. The van der Waals surface area contributed by atoms with Crippen LogP contribution in [0.4, 0.5) is 0 Å². The number of carbonyl (C=O) groups is 4. The molecule has 39 heavy (non-hydrogen) atoms. The number of hydrogen-bond donors (Lipinski definition) is 5. The fraction of sp³-hybridized carbons (Fsp3) is 0.739. The number of carbonyl (C=O) groups excluding carboxylic acids is 4. The van der Waals surface area contributed by atoms with Gasteiger partial charge in [-0.15, -0.1) is 8.21 Å². The standard InChI is InChI=1S/C22H41IN5O9.CH3.K/c1-2-3-8-25-21(31)17-27-22(32)18-26-20(30)7-6-19(29)24-9-4-11-33-13-15-35-16-14-34-12-5-10-28-37-36-23;;/h28H,1-18H2,(H,24,29)(H,25,31)(H,26,30)(H,27,32);1H3;/q2*-1;+1. The van der Waals surface area contributed by atoms with Gasteiger partial charge in [0, 0.05) is 45.7 Å². The van der Waals surface area contributed by atoms with E-state index < -0.39 is 11.8 Å². The summed E-state index contributed by atoms with van der Waals surface area (Å²) < 4.78 is 20.6. The van der Waals surface area contributed by atoms with Crippen molar-refractivity contribution in [3.05, 3.63) is 14.4 Å². The molecule has 0 aliphatic carbocycles. The molecule has 0 atom stereocenters. The maximum absolute atomic E-state index is 11.8. The molecule has 0 aliphatic heterocycles. The zero-order valence-corrected chi connectivity index (χ0v) is 28.6. The summed E-state index contributed by atoms with van der Waals surface area (Å²) in [5.41, 5.74) is 2.59. The Morgan fingerprint density at radius 1 is 0.615 bits per heavy atom. The molecular weight excluding hydrogens is 656 g/mol. The van der Waals surface area contributed by atoms with Crippen LogP contribution in [-0.2, 0) is 41.6 Å². The van der Waals surface area contributed by atoms with E-state index in [2.05, 4.69) is 41.9 Å². The van der Waals surface area contributed by atoms with E-state index in [1.807, 2.05) is 0 Å². The fourth-order valence-electron chi connectivity index (χ4n) is 2.49. The van der Waals surface area contributed by atoms with E-state index in [1.54, 1.807) is 23.0 Å². The van der Waals surface area contributed by atoms with Crippen LogP contribution in [0.1, 0.15) is 38.5 Å². The van der Waals surface area contributed by atoms with Crippen LogP contribution >= 0.6 is 23.0 Å². The molecule has 16 heteroatoms. The minimum Gasteiger partial charge on any atom is -0.379 e. The molecule has 0 rings (SSSR count). The van der Waals surface area contributed by atoms with E-state index in [4.69, 9.17) is 14.2 Å². The summed E-state index contributed by atoms with van der Waals surface area (Å²) in [5.74, 6) is -1.47. The molecule has 0 aliphatic rings. The molecule has 0 spiro atoms. The zero-order valence-electron chi connectivity index (χ0n) is 23.3.